The number of nitrogens with one attached hydrogen (secondary N) is 1. The first kappa shape index (κ1) is 20.2. The highest BCUT2D eigenvalue weighted by Crippen LogP contribution is 2.48. The summed E-state index contributed by atoms with van der Waals surface area (Å²) in [5, 5.41) is 3.34. The first-order chi connectivity index (χ1) is 12.9. The van der Waals surface area contributed by atoms with Gasteiger partial charge in [0.2, 0.25) is 5.91 Å². The minimum absolute atomic E-state index is 0.0184. The van der Waals surface area contributed by atoms with Crippen LogP contribution in [0.1, 0.15) is 57.6 Å². The fourth-order valence-corrected chi connectivity index (χ4v) is 4.74. The van der Waals surface area contributed by atoms with E-state index in [1.165, 1.54) is 6.42 Å². The zero-order valence-electron chi connectivity index (χ0n) is 17.0. The summed E-state index contributed by atoms with van der Waals surface area (Å²) in [6, 6.07) is 8.10. The number of ether oxygens (including phenoxy) is 3. The van der Waals surface area contributed by atoms with Gasteiger partial charge in [-0.1, -0.05) is 25.5 Å². The SMILES string of the molecule is COCCC(=O)N[C@]1(C)C[C@H](c2ccc(OC)cc2)O[C@@H]2C[C@H](C)CC[C@H]21. The van der Waals surface area contributed by atoms with Crippen molar-refractivity contribution < 1.29 is 19.0 Å². The van der Waals surface area contributed by atoms with Gasteiger partial charge < -0.3 is 19.5 Å². The molecule has 2 fully saturated rings. The van der Waals surface area contributed by atoms with Crippen LogP contribution in [0.5, 0.6) is 5.75 Å². The molecule has 2 aliphatic rings. The second-order valence-corrected chi connectivity index (χ2v) is 8.37. The maximum absolute atomic E-state index is 12.5. The maximum Gasteiger partial charge on any atom is 0.222 e. The van der Waals surface area contributed by atoms with Crippen LogP contribution < -0.4 is 10.1 Å². The van der Waals surface area contributed by atoms with E-state index in [0.29, 0.717) is 24.9 Å². The van der Waals surface area contributed by atoms with E-state index < -0.39 is 0 Å². The van der Waals surface area contributed by atoms with Gasteiger partial charge in [0.15, 0.2) is 0 Å². The topological polar surface area (TPSA) is 56.8 Å². The summed E-state index contributed by atoms with van der Waals surface area (Å²) in [5.41, 5.74) is 0.878. The van der Waals surface area contributed by atoms with Crippen LogP contribution in [0, 0.1) is 11.8 Å². The minimum atomic E-state index is -0.265. The summed E-state index contributed by atoms with van der Waals surface area (Å²) in [4.78, 5) is 12.5. The van der Waals surface area contributed by atoms with E-state index in [1.54, 1.807) is 14.2 Å². The zero-order valence-corrected chi connectivity index (χ0v) is 17.0. The van der Waals surface area contributed by atoms with Crippen molar-refractivity contribution in [3.05, 3.63) is 29.8 Å². The Bertz CT molecular complexity index is 632. The molecule has 150 valence electrons. The van der Waals surface area contributed by atoms with Crippen molar-refractivity contribution in [2.45, 2.75) is 63.7 Å². The lowest BCUT2D eigenvalue weighted by Gasteiger charge is -2.52. The van der Waals surface area contributed by atoms with Gasteiger partial charge in [-0.15, -0.1) is 0 Å². The van der Waals surface area contributed by atoms with E-state index in [0.717, 1.165) is 30.6 Å². The largest absolute Gasteiger partial charge is 0.497 e. The summed E-state index contributed by atoms with van der Waals surface area (Å²) in [7, 11) is 3.30. The quantitative estimate of drug-likeness (QED) is 0.820. The van der Waals surface area contributed by atoms with Crippen LogP contribution in [0.2, 0.25) is 0 Å². The molecule has 3 rings (SSSR count). The Kier molecular flexibility index (Phi) is 6.43. The molecule has 1 aliphatic carbocycles. The number of hydrogen-bond acceptors (Lipinski definition) is 4. The van der Waals surface area contributed by atoms with Crippen LogP contribution in [0.4, 0.5) is 0 Å². The molecular weight excluding hydrogens is 342 g/mol. The summed E-state index contributed by atoms with van der Waals surface area (Å²) < 4.78 is 16.9. The predicted molar refractivity (Wildman–Crippen MR) is 105 cm³/mol. The number of carbonyl (C=O) groups excluding carboxylic acids is 1. The van der Waals surface area contributed by atoms with Gasteiger partial charge in [0, 0.05) is 31.4 Å². The third-order valence-electron chi connectivity index (χ3n) is 6.27. The molecule has 0 aromatic heterocycles. The molecule has 1 amide bonds. The van der Waals surface area contributed by atoms with Crippen molar-refractivity contribution in [1.82, 2.24) is 5.32 Å². The first-order valence-corrected chi connectivity index (χ1v) is 10.0. The van der Waals surface area contributed by atoms with Crippen LogP contribution >= 0.6 is 0 Å². The molecule has 5 atom stereocenters. The molecule has 1 saturated carbocycles. The molecule has 5 heteroatoms. The number of hydrogen-bond donors (Lipinski definition) is 1. The highest BCUT2D eigenvalue weighted by molar-refractivity contribution is 5.77. The fourth-order valence-electron chi connectivity index (χ4n) is 4.74. The van der Waals surface area contributed by atoms with E-state index in [-0.39, 0.29) is 23.7 Å². The van der Waals surface area contributed by atoms with Crippen molar-refractivity contribution >= 4 is 5.91 Å². The highest BCUT2D eigenvalue weighted by atomic mass is 16.5. The van der Waals surface area contributed by atoms with Crippen molar-refractivity contribution in [2.24, 2.45) is 11.8 Å². The van der Waals surface area contributed by atoms with E-state index in [2.05, 4.69) is 31.3 Å². The van der Waals surface area contributed by atoms with Crippen molar-refractivity contribution in [3.8, 4) is 5.75 Å². The highest BCUT2D eigenvalue weighted by Gasteiger charge is 2.49. The molecule has 27 heavy (non-hydrogen) atoms. The Morgan fingerprint density at radius 1 is 1.26 bits per heavy atom. The molecule has 1 aromatic carbocycles. The lowest BCUT2D eigenvalue weighted by atomic mass is 9.66. The van der Waals surface area contributed by atoms with E-state index in [9.17, 15) is 4.79 Å². The molecule has 0 unspecified atom stereocenters. The molecule has 0 radical (unpaired) electrons. The third kappa shape index (κ3) is 4.64. The summed E-state index contributed by atoms with van der Waals surface area (Å²) in [5.74, 6) is 1.92. The Hall–Kier alpha value is -1.59. The second kappa shape index (κ2) is 8.61. The maximum atomic E-state index is 12.5. The number of rotatable bonds is 6. The van der Waals surface area contributed by atoms with E-state index >= 15 is 0 Å². The summed E-state index contributed by atoms with van der Waals surface area (Å²) in [6.45, 7) is 4.95. The van der Waals surface area contributed by atoms with Crippen molar-refractivity contribution in [2.75, 3.05) is 20.8 Å². The number of benzene rings is 1. The van der Waals surface area contributed by atoms with Gasteiger partial charge in [0.25, 0.3) is 0 Å². The average molecular weight is 376 g/mol. The van der Waals surface area contributed by atoms with Crippen LogP contribution in [-0.4, -0.2) is 38.4 Å². The molecule has 0 bridgehead atoms. The molecule has 1 N–H and O–H groups in total. The Morgan fingerprint density at radius 3 is 2.67 bits per heavy atom. The van der Waals surface area contributed by atoms with E-state index in [4.69, 9.17) is 14.2 Å². The first-order valence-electron chi connectivity index (χ1n) is 10.0. The Morgan fingerprint density at radius 2 is 2.00 bits per heavy atom. The van der Waals surface area contributed by atoms with Gasteiger partial charge in [-0.05, 0) is 43.4 Å². The van der Waals surface area contributed by atoms with Crippen molar-refractivity contribution in [1.29, 1.82) is 0 Å². The standard InChI is InChI=1S/C22H33NO4/c1-15-5-10-18-19(13-15)27-20(16-6-8-17(26-4)9-7-16)14-22(18,2)23-21(24)11-12-25-3/h6-9,15,18-20H,5,10-14H2,1-4H3,(H,23,24)/t15-,18-,19-,20-,22-/m1/s1. The molecule has 1 heterocycles. The number of methoxy groups -OCH3 is 2. The lowest BCUT2D eigenvalue weighted by Crippen LogP contribution is -2.60. The van der Waals surface area contributed by atoms with Gasteiger partial charge in [0.05, 0.1) is 25.9 Å². The molecule has 5 nitrogen and oxygen atoms in total. The Labute approximate surface area is 162 Å². The number of amides is 1. The minimum Gasteiger partial charge on any atom is -0.497 e. The lowest BCUT2D eigenvalue weighted by molar-refractivity contribution is -0.154. The normalized spacial score (nSPS) is 33.2. The van der Waals surface area contributed by atoms with Crippen LogP contribution in [-0.2, 0) is 14.3 Å². The molecular formula is C22H33NO4. The van der Waals surface area contributed by atoms with Crippen LogP contribution in [0.3, 0.4) is 0 Å². The van der Waals surface area contributed by atoms with E-state index in [1.807, 2.05) is 12.1 Å². The Balaban J connectivity index is 1.81. The fraction of sp³-hybridized carbons (Fsp3) is 0.682. The smallest absolute Gasteiger partial charge is 0.222 e. The monoisotopic (exact) mass is 375 g/mol. The van der Waals surface area contributed by atoms with Crippen molar-refractivity contribution in [3.63, 3.8) is 0 Å². The summed E-state index contributed by atoms with van der Waals surface area (Å²) >= 11 is 0. The number of fused-ring (bicyclic) bond motifs is 1. The van der Waals surface area contributed by atoms with Crippen LogP contribution in [0.25, 0.3) is 0 Å². The van der Waals surface area contributed by atoms with Gasteiger partial charge in [0.1, 0.15) is 5.75 Å². The predicted octanol–water partition coefficient (Wildman–Crippen LogP) is 3.87. The van der Waals surface area contributed by atoms with Crippen LogP contribution in [0.15, 0.2) is 24.3 Å². The average Bonchev–Trinajstić information content (AvgIpc) is 2.65. The number of carbonyl (C=O) groups is 1. The third-order valence-corrected chi connectivity index (χ3v) is 6.27. The van der Waals surface area contributed by atoms with Gasteiger partial charge in [-0.25, -0.2) is 0 Å². The summed E-state index contributed by atoms with van der Waals surface area (Å²) in [6.07, 6.45) is 4.70. The van der Waals surface area contributed by atoms with Gasteiger partial charge in [-0.2, -0.15) is 0 Å². The second-order valence-electron chi connectivity index (χ2n) is 8.37. The van der Waals surface area contributed by atoms with Gasteiger partial charge in [-0.3, -0.25) is 4.79 Å². The molecule has 1 saturated heterocycles. The molecule has 0 spiro atoms. The van der Waals surface area contributed by atoms with Gasteiger partial charge >= 0.3 is 0 Å². The molecule has 1 aliphatic heterocycles. The zero-order chi connectivity index (χ0) is 19.4. The molecule has 1 aromatic rings.